The molecule has 105 heavy (non-hydrogen) atoms. The molecule has 1 unspecified atom stereocenters. The number of carbonyl (C=O) groups excluding carboxylic acids is 9. The third-order valence-corrected chi connectivity index (χ3v) is 20.9. The predicted molar refractivity (Wildman–Crippen MR) is 387 cm³/mol. The normalized spacial score (nSPS) is 18.7. The number of nitrogens with zero attached hydrogens (tertiary/aromatic N) is 8. The maximum absolute atomic E-state index is 14.5. The van der Waals surface area contributed by atoms with Gasteiger partial charge < -0.3 is 70.1 Å². The number of hydrogen-bond acceptors (Lipinski definition) is 18. The molecule has 4 fully saturated rings. The third kappa shape index (κ3) is 15.5. The van der Waals surface area contributed by atoms with Gasteiger partial charge in [0.2, 0.25) is 35.4 Å². The number of para-hydroxylation sites is 1. The second kappa shape index (κ2) is 30.4. The molecule has 13 rings (SSSR count). The van der Waals surface area contributed by atoms with Crippen molar-refractivity contribution in [2.75, 3.05) is 68.7 Å². The van der Waals surface area contributed by atoms with Gasteiger partial charge in [0.1, 0.15) is 24.4 Å². The number of hydrogen-bond donors (Lipinski definition) is 6. The highest BCUT2D eigenvalue weighted by atomic mass is 16.6. The number of carbonyl (C=O) groups is 9. The summed E-state index contributed by atoms with van der Waals surface area (Å²) in [5.74, 6) is -2.90. The van der Waals surface area contributed by atoms with Crippen molar-refractivity contribution in [2.24, 2.45) is 21.7 Å². The number of aliphatic imine (C=N–C) groups is 1. The van der Waals surface area contributed by atoms with Gasteiger partial charge in [-0.15, -0.1) is 5.10 Å². The van der Waals surface area contributed by atoms with Crippen molar-refractivity contribution in [2.45, 2.75) is 155 Å². The number of aliphatic hydroxyl groups is 1. The number of anilines is 3. The second-order valence-corrected chi connectivity index (χ2v) is 29.1. The van der Waals surface area contributed by atoms with Gasteiger partial charge in [0, 0.05) is 67.1 Å². The number of aromatic nitrogens is 3. The molecule has 9 amide bonds. The van der Waals surface area contributed by atoms with Crippen LogP contribution >= 0.6 is 0 Å². The summed E-state index contributed by atoms with van der Waals surface area (Å²) in [4.78, 5) is 134. The predicted octanol–water partition coefficient (Wildman–Crippen LogP) is 8.16. The van der Waals surface area contributed by atoms with E-state index in [0.717, 1.165) is 65.9 Å². The number of nitrogens with one attached hydrogen (secondary N) is 5. The Morgan fingerprint density at radius 3 is 1.98 bits per heavy atom. The van der Waals surface area contributed by atoms with Crippen LogP contribution in [0.2, 0.25) is 0 Å². The zero-order chi connectivity index (χ0) is 74.0. The summed E-state index contributed by atoms with van der Waals surface area (Å²) in [6.07, 6.45) is 6.59. The van der Waals surface area contributed by atoms with Gasteiger partial charge in [-0.2, -0.15) is 0 Å². The lowest BCUT2D eigenvalue weighted by molar-refractivity contribution is -0.132. The number of amides is 9. The molecule has 28 nitrogen and oxygen atoms in total. The van der Waals surface area contributed by atoms with Gasteiger partial charge in [-0.25, -0.2) is 14.4 Å². The lowest BCUT2D eigenvalue weighted by atomic mass is 9.95. The van der Waals surface area contributed by atoms with Crippen molar-refractivity contribution < 1.29 is 71.9 Å². The summed E-state index contributed by atoms with van der Waals surface area (Å²) < 4.78 is 31.7. The molecule has 6 N–H and O–H groups in total. The van der Waals surface area contributed by atoms with Gasteiger partial charge >= 0.3 is 6.09 Å². The molecule has 6 aromatic rings. The summed E-state index contributed by atoms with van der Waals surface area (Å²) in [6.45, 7) is 9.66. The minimum Gasteiger partial charge on any atom is -0.493 e. The van der Waals surface area contributed by atoms with Gasteiger partial charge in [0.05, 0.1) is 93.0 Å². The minimum absolute atomic E-state index is 0.0171. The molecular weight excluding hydrogens is 1350 g/mol. The van der Waals surface area contributed by atoms with E-state index < -0.39 is 79.0 Å². The molecule has 5 aliphatic heterocycles. The number of benzene rings is 5. The Morgan fingerprint density at radius 1 is 0.648 bits per heavy atom. The fraction of sp³-hybridized carbons (Fsp3) is 0.455. The van der Waals surface area contributed by atoms with Crippen molar-refractivity contribution in [3.8, 4) is 45.5 Å². The first-order valence-electron chi connectivity index (χ1n) is 36.0. The Hall–Kier alpha value is -10.9. The van der Waals surface area contributed by atoms with E-state index in [-0.39, 0.29) is 96.0 Å². The van der Waals surface area contributed by atoms with Crippen molar-refractivity contribution >= 4 is 82.3 Å². The van der Waals surface area contributed by atoms with Crippen molar-refractivity contribution in [1.29, 1.82) is 0 Å². The van der Waals surface area contributed by atoms with Crippen LogP contribution in [-0.2, 0) is 46.7 Å². The second-order valence-electron chi connectivity index (χ2n) is 29.1. The first-order chi connectivity index (χ1) is 50.5. The molecule has 2 saturated heterocycles. The van der Waals surface area contributed by atoms with Crippen LogP contribution in [0.25, 0.3) is 22.5 Å². The average molecular weight is 1440 g/mol. The zero-order valence-corrected chi connectivity index (χ0v) is 60.0. The summed E-state index contributed by atoms with van der Waals surface area (Å²) >= 11 is 0. The van der Waals surface area contributed by atoms with Crippen LogP contribution in [0.3, 0.4) is 0 Å². The van der Waals surface area contributed by atoms with Gasteiger partial charge in [0.15, 0.2) is 29.2 Å². The Kier molecular flexibility index (Phi) is 21.0. The zero-order valence-electron chi connectivity index (χ0n) is 60.0. The molecule has 6 heterocycles. The molecule has 2 spiro atoms. The van der Waals surface area contributed by atoms with Gasteiger partial charge in [0.25, 0.3) is 11.8 Å². The number of rotatable bonds is 26. The highest BCUT2D eigenvalue weighted by molar-refractivity contribution is 6.07. The monoisotopic (exact) mass is 1440 g/mol. The van der Waals surface area contributed by atoms with Crippen LogP contribution in [0.5, 0.6) is 23.0 Å². The number of fused-ring (bicyclic) bond motifs is 9. The smallest absolute Gasteiger partial charge is 0.416 e. The van der Waals surface area contributed by atoms with E-state index >= 15 is 0 Å². The van der Waals surface area contributed by atoms with Crippen LogP contribution in [0, 0.1) is 16.7 Å². The maximum Gasteiger partial charge on any atom is 0.416 e. The van der Waals surface area contributed by atoms with Gasteiger partial charge in [-0.3, -0.25) is 43.3 Å². The number of aliphatic hydroxyl groups excluding tert-OH is 1. The van der Waals surface area contributed by atoms with E-state index in [2.05, 4.69) is 36.9 Å². The first-order valence-corrected chi connectivity index (χ1v) is 36.0. The molecule has 2 aliphatic carbocycles. The number of unbranched alkanes of at least 4 members (excludes halogenated alkanes) is 2. The van der Waals surface area contributed by atoms with Crippen molar-refractivity contribution in [1.82, 2.24) is 46.1 Å². The highest BCUT2D eigenvalue weighted by Crippen LogP contribution is 2.58. The van der Waals surface area contributed by atoms with Crippen LogP contribution in [0.4, 0.5) is 27.5 Å². The number of methoxy groups -OCH3 is 2. The Morgan fingerprint density at radius 2 is 1.29 bits per heavy atom. The average Bonchev–Trinajstić information content (AvgIpc) is 1.59. The molecule has 552 valence electrons. The van der Waals surface area contributed by atoms with E-state index in [9.17, 15) is 48.3 Å². The molecule has 0 bridgehead atoms. The van der Waals surface area contributed by atoms with E-state index in [0.29, 0.717) is 84.2 Å². The molecule has 1 aromatic heterocycles. The van der Waals surface area contributed by atoms with Crippen LogP contribution in [-0.4, -0.2) is 173 Å². The first kappa shape index (κ1) is 72.5. The fourth-order valence-corrected chi connectivity index (χ4v) is 14.7. The van der Waals surface area contributed by atoms with E-state index in [1.54, 1.807) is 67.2 Å². The molecule has 7 aliphatic rings. The molecule has 5 aromatic carbocycles. The lowest BCUT2D eigenvalue weighted by Gasteiger charge is -2.31. The minimum atomic E-state index is -1.47. The summed E-state index contributed by atoms with van der Waals surface area (Å²) in [5.41, 5.74) is 6.85. The number of ether oxygens (including phenoxy) is 5. The quantitative estimate of drug-likeness (QED) is 0.0279. The SMILES string of the molecule is COc1cc2c(cc1OCCCCCOc1cc3c(cc1OC)C(=O)N1CC4(CC4)C[C@H]1C(O)N3C(=O)OCc1ccc(NC(=O)[C@H](C)NC(=O)[C@@H](NC(=O)CNC(=O)CNC(=O)CCC(=O)N3Cc4ccccc4-c4c(nnn4C(C)C)-c4ccccc43)C(C)C)cc1)N=C[C@@H]1CC3(CC3)CN1C2=O. The van der Waals surface area contributed by atoms with Gasteiger partial charge in [-0.1, -0.05) is 73.7 Å². The third-order valence-electron chi connectivity index (χ3n) is 20.9. The standard InChI is InChI=1S/C77H89N13O15/c1-44(2)67(83-65(93)39-80-64(92)38-79-63(91)23-24-66(94)86-40-48-15-9-10-16-51(48)69-68(84-85-90(69)45(3)4)52-17-11-12-18-56(52)86)71(96)81-46(5)70(95)82-49-21-19-47(20-22-49)41-105-75(100)89-57-34-62(60(102-7)32-54(57)73(98)88-43-77(27-28-77)36-58(88)74(89)99)104-30-14-8-13-29-103-61-33-55-53(31-59(61)101-6)72(97)87-42-76(25-26-76)35-50(87)37-78-55/h9-12,15-22,31-34,37,44-46,50,58,67,74,99H,8,13-14,23-30,35-36,38-43H2,1-7H3,(H,79,91)(H,80,92)(H,81,96)(H,82,95)(H,83,93)/t46-,50-,58-,67-,74?/m0/s1. The Labute approximate surface area is 607 Å². The molecular formula is C77H89N13O15. The van der Waals surface area contributed by atoms with E-state index in [1.165, 1.54) is 26.2 Å². The fourth-order valence-electron chi connectivity index (χ4n) is 14.7. The van der Waals surface area contributed by atoms with Crippen molar-refractivity contribution in [3.63, 3.8) is 0 Å². The molecule has 5 atom stereocenters. The van der Waals surface area contributed by atoms with E-state index in [4.69, 9.17) is 28.7 Å². The summed E-state index contributed by atoms with van der Waals surface area (Å²) in [7, 11) is 3.01. The van der Waals surface area contributed by atoms with Gasteiger partial charge in [-0.05, 0) is 137 Å². The van der Waals surface area contributed by atoms with Crippen LogP contribution in [0.1, 0.15) is 143 Å². The van der Waals surface area contributed by atoms with Crippen molar-refractivity contribution in [3.05, 3.63) is 119 Å². The Bertz CT molecular complexity index is 4410. The topological polar surface area (TPSA) is 336 Å². The van der Waals surface area contributed by atoms with Crippen LogP contribution in [0.15, 0.2) is 102 Å². The summed E-state index contributed by atoms with van der Waals surface area (Å²) in [5, 5.41) is 34.2. The van der Waals surface area contributed by atoms with E-state index in [1.807, 2.05) is 78.2 Å². The van der Waals surface area contributed by atoms with Crippen LogP contribution < -0.4 is 55.3 Å². The highest BCUT2D eigenvalue weighted by Gasteiger charge is 2.58. The Balaban J connectivity index is 0.556. The maximum atomic E-state index is 14.5. The molecule has 28 heteroatoms. The lowest BCUT2D eigenvalue weighted by Crippen LogP contribution is -2.55. The molecule has 2 saturated carbocycles. The largest absolute Gasteiger partial charge is 0.493 e. The summed E-state index contributed by atoms with van der Waals surface area (Å²) in [6, 6.07) is 25.2. The molecule has 0 radical (unpaired) electrons.